The second kappa shape index (κ2) is 16.5. The van der Waals surface area contributed by atoms with Crippen LogP contribution < -0.4 is 5.73 Å². The average Bonchev–Trinajstić information content (AvgIpc) is 3.30. The van der Waals surface area contributed by atoms with Gasteiger partial charge in [-0.25, -0.2) is 13.8 Å². The molecule has 35 heavy (non-hydrogen) atoms. The van der Waals surface area contributed by atoms with Crippen LogP contribution in [0, 0.1) is 11.6 Å². The molecule has 2 N–H and O–H groups in total. The van der Waals surface area contributed by atoms with E-state index in [1.54, 1.807) is 32.3 Å². The fraction of sp³-hybridized carbons (Fsp3) is 0.385. The molecular formula is C26H35F2N3O4. The standard InChI is InChI=1S/C17H14F2N2O2.C6H13NO.C3H8O/c1-3-5-7-10(4-2)15-14(16(20)22)21-17(23-15)13-11(18)8-6-9-12(13)19;1-2-7-3-5-8-6-4-7;1-3-4-2/h3-9H,2H2,1H3,(H2,20,22);2-6H2,1H3;3H2,1-2H3/b5-3-,10-7+;;. The molecule has 0 saturated carbocycles. The Bertz CT molecular complexity index is 974. The van der Waals surface area contributed by atoms with E-state index in [9.17, 15) is 13.6 Å². The molecule has 2 heterocycles. The quantitative estimate of drug-likeness (QED) is 0.557. The van der Waals surface area contributed by atoms with Gasteiger partial charge < -0.3 is 19.6 Å². The van der Waals surface area contributed by atoms with Crippen LogP contribution in [0.1, 0.15) is 37.0 Å². The number of hydrogen-bond acceptors (Lipinski definition) is 6. The van der Waals surface area contributed by atoms with Crippen molar-refractivity contribution in [2.45, 2.75) is 20.8 Å². The summed E-state index contributed by atoms with van der Waals surface area (Å²) >= 11 is 0. The predicted octanol–water partition coefficient (Wildman–Crippen LogP) is 4.86. The molecule has 0 aliphatic carbocycles. The molecule has 0 radical (unpaired) electrons. The maximum absolute atomic E-state index is 13.9. The van der Waals surface area contributed by atoms with Crippen LogP contribution in [0.4, 0.5) is 8.78 Å². The van der Waals surface area contributed by atoms with E-state index in [4.69, 9.17) is 14.9 Å². The second-order valence-electron chi connectivity index (χ2n) is 7.13. The fourth-order valence-corrected chi connectivity index (χ4v) is 2.85. The second-order valence-corrected chi connectivity index (χ2v) is 7.13. The summed E-state index contributed by atoms with van der Waals surface area (Å²) < 4.78 is 42.8. The van der Waals surface area contributed by atoms with Crippen molar-refractivity contribution in [1.29, 1.82) is 0 Å². The minimum atomic E-state index is -0.875. The molecular weight excluding hydrogens is 456 g/mol. The van der Waals surface area contributed by atoms with Gasteiger partial charge in [0.25, 0.3) is 5.91 Å². The molecule has 0 unspecified atom stereocenters. The summed E-state index contributed by atoms with van der Waals surface area (Å²) in [4.78, 5) is 17.8. The Kier molecular flexibility index (Phi) is 14.1. The molecule has 3 rings (SSSR count). The highest BCUT2D eigenvalue weighted by Gasteiger charge is 2.24. The van der Waals surface area contributed by atoms with Gasteiger partial charge in [-0.3, -0.25) is 9.69 Å². The van der Waals surface area contributed by atoms with E-state index in [2.05, 4.69) is 28.1 Å². The predicted molar refractivity (Wildman–Crippen MR) is 134 cm³/mol. The van der Waals surface area contributed by atoms with Crippen LogP contribution >= 0.6 is 0 Å². The number of amides is 1. The first-order valence-corrected chi connectivity index (χ1v) is 11.3. The van der Waals surface area contributed by atoms with E-state index in [-0.39, 0.29) is 17.3 Å². The van der Waals surface area contributed by atoms with Gasteiger partial charge in [-0.2, -0.15) is 0 Å². The number of nitrogens with zero attached hydrogens (tertiary/aromatic N) is 2. The van der Waals surface area contributed by atoms with Crippen molar-refractivity contribution in [1.82, 2.24) is 9.88 Å². The Balaban J connectivity index is 0.000000419. The summed E-state index contributed by atoms with van der Waals surface area (Å²) in [6, 6.07) is 3.35. The lowest BCUT2D eigenvalue weighted by Crippen LogP contribution is -2.35. The van der Waals surface area contributed by atoms with Gasteiger partial charge in [-0.1, -0.05) is 43.9 Å². The van der Waals surface area contributed by atoms with Gasteiger partial charge in [0.2, 0.25) is 5.89 Å². The third kappa shape index (κ3) is 9.56. The monoisotopic (exact) mass is 491 g/mol. The molecule has 9 heteroatoms. The Morgan fingerprint density at radius 3 is 2.29 bits per heavy atom. The molecule has 0 atom stereocenters. The third-order valence-corrected chi connectivity index (χ3v) is 4.83. The molecule has 2 aromatic rings. The number of primary amides is 1. The Morgan fingerprint density at radius 2 is 1.86 bits per heavy atom. The van der Waals surface area contributed by atoms with Crippen molar-refractivity contribution >= 4 is 11.5 Å². The summed E-state index contributed by atoms with van der Waals surface area (Å²) in [5.41, 5.74) is 5.00. The lowest BCUT2D eigenvalue weighted by molar-refractivity contribution is 0.0405. The minimum absolute atomic E-state index is 0.00301. The molecule has 1 saturated heterocycles. The molecule has 192 valence electrons. The minimum Gasteiger partial charge on any atom is -0.435 e. The topological polar surface area (TPSA) is 90.8 Å². The summed E-state index contributed by atoms with van der Waals surface area (Å²) in [5, 5.41) is 0. The number of morpholine rings is 1. The number of aromatic nitrogens is 1. The number of rotatable bonds is 7. The van der Waals surface area contributed by atoms with Crippen molar-refractivity contribution in [3.05, 3.63) is 72.2 Å². The molecule has 1 fully saturated rings. The molecule has 0 bridgehead atoms. The number of likely N-dealkylation sites (N-methyl/N-ethyl adjacent to an activating group) is 1. The van der Waals surface area contributed by atoms with E-state index >= 15 is 0 Å². The van der Waals surface area contributed by atoms with Gasteiger partial charge in [0.15, 0.2) is 11.5 Å². The molecule has 1 aromatic carbocycles. The highest BCUT2D eigenvalue weighted by atomic mass is 19.1. The molecule has 1 aliphatic heterocycles. The SMILES string of the molecule is C=C/C(=C\C=C/C)c1oc(-c2c(F)cccc2F)nc1C(N)=O.CCN1CCOCC1.CCOC. The number of methoxy groups -OCH3 is 1. The van der Waals surface area contributed by atoms with Crippen molar-refractivity contribution in [2.24, 2.45) is 5.73 Å². The highest BCUT2D eigenvalue weighted by Crippen LogP contribution is 2.30. The summed E-state index contributed by atoms with van der Waals surface area (Å²) in [6.45, 7) is 15.6. The maximum atomic E-state index is 13.9. The van der Waals surface area contributed by atoms with Crippen LogP contribution in [0.5, 0.6) is 0 Å². The summed E-state index contributed by atoms with van der Waals surface area (Å²) in [5.74, 6) is -2.95. The van der Waals surface area contributed by atoms with E-state index in [0.717, 1.165) is 45.0 Å². The summed E-state index contributed by atoms with van der Waals surface area (Å²) in [6.07, 6.45) is 6.48. The van der Waals surface area contributed by atoms with Crippen molar-refractivity contribution in [3.8, 4) is 11.5 Å². The van der Waals surface area contributed by atoms with Crippen LogP contribution in [0.3, 0.4) is 0 Å². The highest BCUT2D eigenvalue weighted by molar-refractivity contribution is 5.97. The largest absolute Gasteiger partial charge is 0.435 e. The van der Waals surface area contributed by atoms with Crippen LogP contribution in [0.15, 0.2) is 53.5 Å². The number of benzene rings is 1. The fourth-order valence-electron chi connectivity index (χ4n) is 2.85. The van der Waals surface area contributed by atoms with Crippen molar-refractivity contribution < 1.29 is 27.5 Å². The first-order chi connectivity index (χ1) is 16.8. The Labute approximate surface area is 205 Å². The molecule has 1 aromatic heterocycles. The zero-order chi connectivity index (χ0) is 26.2. The zero-order valence-corrected chi connectivity index (χ0v) is 20.9. The number of allylic oxidation sites excluding steroid dienone is 5. The summed E-state index contributed by atoms with van der Waals surface area (Å²) in [7, 11) is 1.68. The van der Waals surface area contributed by atoms with Gasteiger partial charge in [-0.15, -0.1) is 0 Å². The zero-order valence-electron chi connectivity index (χ0n) is 20.9. The van der Waals surface area contributed by atoms with E-state index < -0.39 is 23.1 Å². The van der Waals surface area contributed by atoms with E-state index in [1.807, 2.05) is 6.92 Å². The number of carbonyl (C=O) groups excluding carboxylic acids is 1. The van der Waals surface area contributed by atoms with Gasteiger partial charge in [0.1, 0.15) is 17.2 Å². The Hall–Kier alpha value is -3.14. The first kappa shape index (κ1) is 29.9. The lowest BCUT2D eigenvalue weighted by Gasteiger charge is -2.24. The van der Waals surface area contributed by atoms with Crippen LogP contribution in [-0.4, -0.2) is 62.4 Å². The average molecular weight is 492 g/mol. The van der Waals surface area contributed by atoms with Crippen LogP contribution in [0.2, 0.25) is 0 Å². The Morgan fingerprint density at radius 1 is 1.26 bits per heavy atom. The van der Waals surface area contributed by atoms with Gasteiger partial charge >= 0.3 is 0 Å². The van der Waals surface area contributed by atoms with Crippen molar-refractivity contribution in [3.63, 3.8) is 0 Å². The van der Waals surface area contributed by atoms with Crippen molar-refractivity contribution in [2.75, 3.05) is 46.6 Å². The van der Waals surface area contributed by atoms with Gasteiger partial charge in [0, 0.05) is 32.4 Å². The number of halogens is 2. The van der Waals surface area contributed by atoms with Gasteiger partial charge in [0.05, 0.1) is 13.2 Å². The number of nitrogens with two attached hydrogens (primary N) is 1. The first-order valence-electron chi connectivity index (χ1n) is 11.3. The number of carbonyl (C=O) groups is 1. The maximum Gasteiger partial charge on any atom is 0.271 e. The molecule has 0 spiro atoms. The number of oxazole rings is 1. The van der Waals surface area contributed by atoms with Crippen LogP contribution in [-0.2, 0) is 9.47 Å². The normalized spacial score (nSPS) is 14.1. The molecule has 1 aliphatic rings. The van der Waals surface area contributed by atoms with E-state index in [1.165, 1.54) is 18.7 Å². The molecule has 7 nitrogen and oxygen atoms in total. The number of ether oxygens (including phenoxy) is 2. The number of hydrogen-bond donors (Lipinski definition) is 1. The third-order valence-electron chi connectivity index (χ3n) is 4.83. The van der Waals surface area contributed by atoms with Gasteiger partial charge in [-0.05, 0) is 32.5 Å². The lowest BCUT2D eigenvalue weighted by atomic mass is 10.1. The smallest absolute Gasteiger partial charge is 0.271 e. The van der Waals surface area contributed by atoms with Crippen LogP contribution in [0.25, 0.3) is 17.0 Å². The van der Waals surface area contributed by atoms with E-state index in [0.29, 0.717) is 5.57 Å². The molecule has 1 amide bonds.